The van der Waals surface area contributed by atoms with Crippen LogP contribution in [0.4, 0.5) is 0 Å². The van der Waals surface area contributed by atoms with Crippen molar-refractivity contribution in [3.05, 3.63) is 28.8 Å². The second-order valence-electron chi connectivity index (χ2n) is 4.66. The van der Waals surface area contributed by atoms with Gasteiger partial charge in [-0.3, -0.25) is 0 Å². The lowest BCUT2D eigenvalue weighted by molar-refractivity contribution is 0.404. The standard InChI is InChI=1S/C14H20ClNO/c1-17-14-7-6-12(15)9-11(14)10-13-5-3-2-4-8-16-13/h6-7,9,13,16H,2-5,8,10H2,1H3. The van der Waals surface area contributed by atoms with E-state index in [1.807, 2.05) is 18.2 Å². The average Bonchev–Trinajstić information content (AvgIpc) is 2.58. The third-order valence-electron chi connectivity index (χ3n) is 3.37. The predicted molar refractivity (Wildman–Crippen MR) is 72.0 cm³/mol. The van der Waals surface area contributed by atoms with Gasteiger partial charge in [-0.15, -0.1) is 0 Å². The number of hydrogen-bond acceptors (Lipinski definition) is 2. The number of nitrogens with one attached hydrogen (secondary N) is 1. The average molecular weight is 254 g/mol. The van der Waals surface area contributed by atoms with E-state index in [0.29, 0.717) is 6.04 Å². The summed E-state index contributed by atoms with van der Waals surface area (Å²) >= 11 is 6.05. The number of benzene rings is 1. The third kappa shape index (κ3) is 3.62. The van der Waals surface area contributed by atoms with Crippen molar-refractivity contribution in [3.63, 3.8) is 0 Å². The van der Waals surface area contributed by atoms with Crippen LogP contribution in [0.15, 0.2) is 18.2 Å². The van der Waals surface area contributed by atoms with Gasteiger partial charge in [0, 0.05) is 11.1 Å². The molecule has 1 N–H and O–H groups in total. The van der Waals surface area contributed by atoms with Gasteiger partial charge in [-0.05, 0) is 49.6 Å². The number of halogens is 1. The van der Waals surface area contributed by atoms with Crippen LogP contribution in [0.3, 0.4) is 0 Å². The van der Waals surface area contributed by atoms with E-state index in [2.05, 4.69) is 5.32 Å². The number of ether oxygens (including phenoxy) is 1. The van der Waals surface area contributed by atoms with E-state index in [-0.39, 0.29) is 0 Å². The van der Waals surface area contributed by atoms with Crippen molar-refractivity contribution in [2.75, 3.05) is 13.7 Å². The first-order chi connectivity index (χ1) is 8.29. The largest absolute Gasteiger partial charge is 0.496 e. The maximum Gasteiger partial charge on any atom is 0.122 e. The predicted octanol–water partition coefficient (Wildman–Crippen LogP) is 3.42. The molecule has 0 saturated carbocycles. The molecular weight excluding hydrogens is 234 g/mol. The third-order valence-corrected chi connectivity index (χ3v) is 3.61. The lowest BCUT2D eigenvalue weighted by Crippen LogP contribution is -2.30. The fraction of sp³-hybridized carbons (Fsp3) is 0.571. The van der Waals surface area contributed by atoms with E-state index in [1.54, 1.807) is 7.11 Å². The molecule has 1 aromatic carbocycles. The van der Waals surface area contributed by atoms with Crippen molar-refractivity contribution in [2.24, 2.45) is 0 Å². The van der Waals surface area contributed by atoms with Crippen molar-refractivity contribution in [2.45, 2.75) is 38.1 Å². The Kier molecular flexibility index (Phi) is 4.69. The topological polar surface area (TPSA) is 21.3 Å². The highest BCUT2D eigenvalue weighted by atomic mass is 35.5. The molecule has 0 aromatic heterocycles. The van der Waals surface area contributed by atoms with Crippen molar-refractivity contribution >= 4 is 11.6 Å². The first kappa shape index (κ1) is 12.7. The second-order valence-corrected chi connectivity index (χ2v) is 5.10. The Morgan fingerprint density at radius 2 is 2.24 bits per heavy atom. The van der Waals surface area contributed by atoms with E-state index in [1.165, 1.54) is 31.2 Å². The lowest BCUT2D eigenvalue weighted by atomic mass is 10.0. The summed E-state index contributed by atoms with van der Waals surface area (Å²) in [6.45, 7) is 1.13. The minimum atomic E-state index is 0.560. The molecule has 1 atom stereocenters. The van der Waals surface area contributed by atoms with Crippen LogP contribution in [-0.4, -0.2) is 19.7 Å². The molecule has 1 aliphatic rings. The van der Waals surface area contributed by atoms with E-state index >= 15 is 0 Å². The minimum Gasteiger partial charge on any atom is -0.496 e. The van der Waals surface area contributed by atoms with Gasteiger partial charge in [-0.2, -0.15) is 0 Å². The first-order valence-electron chi connectivity index (χ1n) is 6.35. The molecule has 0 bridgehead atoms. The van der Waals surface area contributed by atoms with E-state index < -0.39 is 0 Å². The van der Waals surface area contributed by atoms with E-state index in [4.69, 9.17) is 16.3 Å². The van der Waals surface area contributed by atoms with Gasteiger partial charge >= 0.3 is 0 Å². The molecule has 1 fully saturated rings. The Morgan fingerprint density at radius 1 is 1.35 bits per heavy atom. The molecule has 3 heteroatoms. The number of rotatable bonds is 3. The van der Waals surface area contributed by atoms with Gasteiger partial charge < -0.3 is 10.1 Å². The van der Waals surface area contributed by atoms with Gasteiger partial charge in [0.1, 0.15) is 5.75 Å². The van der Waals surface area contributed by atoms with Crippen LogP contribution >= 0.6 is 11.6 Å². The Balaban J connectivity index is 2.07. The van der Waals surface area contributed by atoms with Crippen molar-refractivity contribution in [1.82, 2.24) is 5.32 Å². The van der Waals surface area contributed by atoms with Gasteiger partial charge in [0.25, 0.3) is 0 Å². The van der Waals surface area contributed by atoms with Crippen LogP contribution in [0.2, 0.25) is 5.02 Å². The highest BCUT2D eigenvalue weighted by molar-refractivity contribution is 6.30. The summed E-state index contributed by atoms with van der Waals surface area (Å²) < 4.78 is 5.39. The molecule has 0 spiro atoms. The van der Waals surface area contributed by atoms with Gasteiger partial charge in [-0.1, -0.05) is 24.4 Å². The molecule has 94 valence electrons. The van der Waals surface area contributed by atoms with Crippen LogP contribution < -0.4 is 10.1 Å². The maximum absolute atomic E-state index is 6.05. The molecule has 1 saturated heterocycles. The molecule has 1 unspecified atom stereocenters. The zero-order chi connectivity index (χ0) is 12.1. The zero-order valence-corrected chi connectivity index (χ0v) is 11.1. The Hall–Kier alpha value is -0.730. The Bertz CT molecular complexity index is 359. The fourth-order valence-corrected chi connectivity index (χ4v) is 2.64. The van der Waals surface area contributed by atoms with Crippen molar-refractivity contribution in [1.29, 1.82) is 0 Å². The quantitative estimate of drug-likeness (QED) is 0.891. The molecule has 1 heterocycles. The Morgan fingerprint density at radius 3 is 3.06 bits per heavy atom. The van der Waals surface area contributed by atoms with Crippen LogP contribution in [0.1, 0.15) is 31.2 Å². The highest BCUT2D eigenvalue weighted by Gasteiger charge is 2.14. The maximum atomic E-state index is 6.05. The second kappa shape index (κ2) is 6.27. The smallest absolute Gasteiger partial charge is 0.122 e. The summed E-state index contributed by atoms with van der Waals surface area (Å²) in [6.07, 6.45) is 6.21. The SMILES string of the molecule is COc1ccc(Cl)cc1CC1CCCCCN1. The minimum absolute atomic E-state index is 0.560. The number of methoxy groups -OCH3 is 1. The van der Waals surface area contributed by atoms with Crippen molar-refractivity contribution in [3.8, 4) is 5.75 Å². The highest BCUT2D eigenvalue weighted by Crippen LogP contribution is 2.25. The molecule has 0 aliphatic carbocycles. The molecular formula is C14H20ClNO. The summed E-state index contributed by atoms with van der Waals surface area (Å²) in [5.74, 6) is 0.945. The lowest BCUT2D eigenvalue weighted by Gasteiger charge is -2.17. The Labute approximate surface area is 108 Å². The molecule has 0 amide bonds. The van der Waals surface area contributed by atoms with Crippen LogP contribution in [-0.2, 0) is 6.42 Å². The van der Waals surface area contributed by atoms with Crippen molar-refractivity contribution < 1.29 is 4.74 Å². The summed E-state index contributed by atoms with van der Waals surface area (Å²) in [6, 6.07) is 6.41. The summed E-state index contributed by atoms with van der Waals surface area (Å²) in [5, 5.41) is 4.39. The molecule has 17 heavy (non-hydrogen) atoms. The van der Waals surface area contributed by atoms with Gasteiger partial charge in [0.15, 0.2) is 0 Å². The van der Waals surface area contributed by atoms with Crippen LogP contribution in [0.25, 0.3) is 0 Å². The molecule has 1 aliphatic heterocycles. The zero-order valence-electron chi connectivity index (χ0n) is 10.3. The fourth-order valence-electron chi connectivity index (χ4n) is 2.45. The number of hydrogen-bond donors (Lipinski definition) is 1. The normalized spacial score (nSPS) is 20.9. The first-order valence-corrected chi connectivity index (χ1v) is 6.73. The van der Waals surface area contributed by atoms with E-state index in [0.717, 1.165) is 23.7 Å². The van der Waals surface area contributed by atoms with Gasteiger partial charge in [0.2, 0.25) is 0 Å². The molecule has 0 radical (unpaired) electrons. The molecule has 2 rings (SSSR count). The monoisotopic (exact) mass is 253 g/mol. The van der Waals surface area contributed by atoms with E-state index in [9.17, 15) is 0 Å². The van der Waals surface area contributed by atoms with Crippen LogP contribution in [0.5, 0.6) is 5.75 Å². The van der Waals surface area contributed by atoms with Gasteiger partial charge in [0.05, 0.1) is 7.11 Å². The molecule has 2 nitrogen and oxygen atoms in total. The summed E-state index contributed by atoms with van der Waals surface area (Å²) in [7, 11) is 1.72. The van der Waals surface area contributed by atoms with Crippen LogP contribution in [0, 0.1) is 0 Å². The van der Waals surface area contributed by atoms with Gasteiger partial charge in [-0.25, -0.2) is 0 Å². The summed E-state index contributed by atoms with van der Waals surface area (Å²) in [4.78, 5) is 0. The molecule has 1 aromatic rings. The summed E-state index contributed by atoms with van der Waals surface area (Å²) in [5.41, 5.74) is 1.21.